The Bertz CT molecular complexity index is 627. The normalized spacial score (nSPS) is 18.3. The molecular weight excluding hydrogens is 294 g/mol. The van der Waals surface area contributed by atoms with Crippen molar-refractivity contribution in [3.05, 3.63) is 60.2 Å². The van der Waals surface area contributed by atoms with Gasteiger partial charge < -0.3 is 9.64 Å². The number of rotatable bonds is 4. The predicted molar refractivity (Wildman–Crippen MR) is 90.4 cm³/mol. The number of hydrogen-bond acceptors (Lipinski definition) is 3. The van der Waals surface area contributed by atoms with E-state index in [0.29, 0.717) is 6.54 Å². The lowest BCUT2D eigenvalue weighted by Crippen LogP contribution is -2.41. The fraction of sp³-hybridized carbons (Fsp3) is 0.278. The molecule has 4 heteroatoms. The van der Waals surface area contributed by atoms with Gasteiger partial charge in [0.2, 0.25) is 5.91 Å². The highest BCUT2D eigenvalue weighted by Gasteiger charge is 2.25. The highest BCUT2D eigenvalue weighted by molar-refractivity contribution is 7.81. The highest BCUT2D eigenvalue weighted by Crippen LogP contribution is 2.23. The molecule has 3 nitrogen and oxygen atoms in total. The van der Waals surface area contributed by atoms with Gasteiger partial charge in [0.15, 0.2) is 0 Å². The zero-order chi connectivity index (χ0) is 15.4. The summed E-state index contributed by atoms with van der Waals surface area (Å²) in [4.78, 5) is 13.9. The molecule has 1 aliphatic rings. The number of carbonyl (C=O) groups excluding carboxylic acids is 1. The quantitative estimate of drug-likeness (QED) is 0.868. The standard InChI is InChI=1S/C18H19NO2S/c20-18-17(22)7-4-12-19(18)13-14-8-10-16(11-9-14)21-15-5-2-1-3-6-15/h1-3,5-6,8-11,17,22H,4,7,12-13H2. The van der Waals surface area contributed by atoms with Crippen molar-refractivity contribution < 1.29 is 9.53 Å². The first-order chi connectivity index (χ1) is 10.7. The number of thiol groups is 1. The Morgan fingerprint density at radius 2 is 1.73 bits per heavy atom. The molecule has 22 heavy (non-hydrogen) atoms. The van der Waals surface area contributed by atoms with Crippen molar-refractivity contribution in [1.29, 1.82) is 0 Å². The third-order valence-electron chi connectivity index (χ3n) is 3.78. The summed E-state index contributed by atoms with van der Waals surface area (Å²) in [7, 11) is 0. The Hall–Kier alpha value is -1.94. The van der Waals surface area contributed by atoms with Gasteiger partial charge in [0.05, 0.1) is 5.25 Å². The molecule has 1 atom stereocenters. The zero-order valence-corrected chi connectivity index (χ0v) is 13.2. The number of para-hydroxylation sites is 1. The molecule has 2 aromatic carbocycles. The molecule has 0 N–H and O–H groups in total. The molecule has 0 aromatic heterocycles. The summed E-state index contributed by atoms with van der Waals surface area (Å²) in [6.45, 7) is 1.46. The zero-order valence-electron chi connectivity index (χ0n) is 12.3. The molecule has 0 saturated carbocycles. The molecule has 1 heterocycles. The van der Waals surface area contributed by atoms with Gasteiger partial charge in [-0.15, -0.1) is 0 Å². The van der Waals surface area contributed by atoms with E-state index in [-0.39, 0.29) is 11.2 Å². The van der Waals surface area contributed by atoms with Crippen molar-refractivity contribution in [2.75, 3.05) is 6.54 Å². The van der Waals surface area contributed by atoms with Crippen molar-refractivity contribution in [1.82, 2.24) is 4.90 Å². The van der Waals surface area contributed by atoms with Gasteiger partial charge in [-0.05, 0) is 42.7 Å². The second-order valence-electron chi connectivity index (χ2n) is 5.48. The summed E-state index contributed by atoms with van der Waals surface area (Å²) in [6.07, 6.45) is 1.90. The minimum absolute atomic E-state index is 0.138. The smallest absolute Gasteiger partial charge is 0.235 e. The Morgan fingerprint density at radius 1 is 1.05 bits per heavy atom. The molecule has 114 valence electrons. The monoisotopic (exact) mass is 313 g/mol. The van der Waals surface area contributed by atoms with Gasteiger partial charge in [-0.3, -0.25) is 4.79 Å². The van der Waals surface area contributed by atoms with E-state index in [9.17, 15) is 4.79 Å². The van der Waals surface area contributed by atoms with Crippen LogP contribution in [0.1, 0.15) is 18.4 Å². The minimum atomic E-state index is -0.144. The fourth-order valence-electron chi connectivity index (χ4n) is 2.58. The van der Waals surface area contributed by atoms with Gasteiger partial charge in [-0.1, -0.05) is 30.3 Å². The Balaban J connectivity index is 1.63. The molecule has 1 fully saturated rings. The molecule has 1 unspecified atom stereocenters. The van der Waals surface area contributed by atoms with Gasteiger partial charge in [0, 0.05) is 13.1 Å². The van der Waals surface area contributed by atoms with Gasteiger partial charge in [0.1, 0.15) is 11.5 Å². The van der Waals surface area contributed by atoms with Crippen LogP contribution >= 0.6 is 12.6 Å². The molecule has 0 spiro atoms. The molecule has 0 radical (unpaired) electrons. The maximum absolute atomic E-state index is 12.1. The fourth-order valence-corrected chi connectivity index (χ4v) is 2.93. The van der Waals surface area contributed by atoms with E-state index >= 15 is 0 Å². The van der Waals surface area contributed by atoms with Crippen LogP contribution in [0.3, 0.4) is 0 Å². The van der Waals surface area contributed by atoms with Crippen molar-refractivity contribution in [2.24, 2.45) is 0 Å². The topological polar surface area (TPSA) is 29.5 Å². The first-order valence-corrected chi connectivity index (χ1v) is 8.03. The van der Waals surface area contributed by atoms with Crippen LogP contribution < -0.4 is 4.74 Å². The Kier molecular flexibility index (Phi) is 4.68. The Labute approximate surface area is 136 Å². The van der Waals surface area contributed by atoms with Crippen LogP contribution in [-0.4, -0.2) is 22.6 Å². The molecule has 1 amide bonds. The second kappa shape index (κ2) is 6.88. The van der Waals surface area contributed by atoms with Crippen molar-refractivity contribution in [2.45, 2.75) is 24.6 Å². The lowest BCUT2D eigenvalue weighted by molar-refractivity contribution is -0.133. The number of hydrogen-bond donors (Lipinski definition) is 1. The van der Waals surface area contributed by atoms with Gasteiger partial charge in [-0.2, -0.15) is 12.6 Å². The number of nitrogens with zero attached hydrogens (tertiary/aromatic N) is 1. The van der Waals surface area contributed by atoms with Crippen molar-refractivity contribution >= 4 is 18.5 Å². The SMILES string of the molecule is O=C1C(S)CCCN1Cc1ccc(Oc2ccccc2)cc1. The van der Waals surface area contributed by atoms with Crippen LogP contribution in [0.5, 0.6) is 11.5 Å². The molecular formula is C18H19NO2S. The van der Waals surface area contributed by atoms with Gasteiger partial charge >= 0.3 is 0 Å². The van der Waals surface area contributed by atoms with Crippen LogP contribution in [0.2, 0.25) is 0 Å². The lowest BCUT2D eigenvalue weighted by Gasteiger charge is -2.30. The first kappa shape index (κ1) is 15.0. The first-order valence-electron chi connectivity index (χ1n) is 7.51. The van der Waals surface area contributed by atoms with E-state index in [1.54, 1.807) is 0 Å². The summed E-state index contributed by atoms with van der Waals surface area (Å²) in [5.74, 6) is 1.76. The van der Waals surface area contributed by atoms with Crippen LogP contribution in [-0.2, 0) is 11.3 Å². The second-order valence-corrected chi connectivity index (χ2v) is 6.10. The average molecular weight is 313 g/mol. The van der Waals surface area contributed by atoms with Gasteiger partial charge in [0.25, 0.3) is 0 Å². The molecule has 1 aliphatic heterocycles. The maximum atomic E-state index is 12.1. The highest BCUT2D eigenvalue weighted by atomic mass is 32.1. The summed E-state index contributed by atoms with van der Waals surface area (Å²) < 4.78 is 5.77. The number of likely N-dealkylation sites (tertiary alicyclic amines) is 1. The predicted octanol–water partition coefficient (Wildman–Crippen LogP) is 3.90. The molecule has 1 saturated heterocycles. The molecule has 2 aromatic rings. The molecule has 3 rings (SSSR count). The number of carbonyl (C=O) groups is 1. The third kappa shape index (κ3) is 3.63. The van der Waals surface area contributed by atoms with Crippen molar-refractivity contribution in [3.63, 3.8) is 0 Å². The van der Waals surface area contributed by atoms with E-state index in [1.165, 1.54) is 0 Å². The van der Waals surface area contributed by atoms with E-state index in [1.807, 2.05) is 59.5 Å². The maximum Gasteiger partial charge on any atom is 0.235 e. The summed E-state index contributed by atoms with van der Waals surface area (Å²) >= 11 is 4.34. The summed E-state index contributed by atoms with van der Waals surface area (Å²) in [6, 6.07) is 17.6. The van der Waals surface area contributed by atoms with Gasteiger partial charge in [-0.25, -0.2) is 0 Å². The number of piperidine rings is 1. The lowest BCUT2D eigenvalue weighted by atomic mass is 10.1. The average Bonchev–Trinajstić information content (AvgIpc) is 2.55. The minimum Gasteiger partial charge on any atom is -0.457 e. The number of ether oxygens (including phenoxy) is 1. The van der Waals surface area contributed by atoms with Crippen molar-refractivity contribution in [3.8, 4) is 11.5 Å². The molecule has 0 bridgehead atoms. The van der Waals surface area contributed by atoms with E-state index in [0.717, 1.165) is 36.4 Å². The number of amides is 1. The Morgan fingerprint density at radius 3 is 2.45 bits per heavy atom. The summed E-state index contributed by atoms with van der Waals surface area (Å²) in [5.41, 5.74) is 1.11. The molecule has 0 aliphatic carbocycles. The van der Waals surface area contributed by atoms with Crippen LogP contribution in [0.25, 0.3) is 0 Å². The van der Waals surface area contributed by atoms with Crippen LogP contribution in [0.15, 0.2) is 54.6 Å². The van der Waals surface area contributed by atoms with Crippen LogP contribution in [0, 0.1) is 0 Å². The van der Waals surface area contributed by atoms with E-state index in [2.05, 4.69) is 12.6 Å². The number of benzene rings is 2. The largest absolute Gasteiger partial charge is 0.457 e. The van der Waals surface area contributed by atoms with Crippen LogP contribution in [0.4, 0.5) is 0 Å². The third-order valence-corrected chi connectivity index (χ3v) is 4.26. The van der Waals surface area contributed by atoms with E-state index < -0.39 is 0 Å². The summed E-state index contributed by atoms with van der Waals surface area (Å²) in [5, 5.41) is -0.144. The van der Waals surface area contributed by atoms with E-state index in [4.69, 9.17) is 4.74 Å².